The Labute approximate surface area is 153 Å². The maximum absolute atomic E-state index is 5.88. The van der Waals surface area contributed by atoms with Crippen molar-refractivity contribution < 1.29 is 4.74 Å². The molecule has 0 amide bonds. The van der Waals surface area contributed by atoms with Crippen LogP contribution in [-0.4, -0.2) is 19.6 Å². The van der Waals surface area contributed by atoms with E-state index in [2.05, 4.69) is 32.3 Å². The SMILES string of the molecule is COc1ccccc1NC(N)=NCCc1ccc(Br)s1.I. The molecule has 4 nitrogen and oxygen atoms in total. The Morgan fingerprint density at radius 1 is 1.33 bits per heavy atom. The van der Waals surface area contributed by atoms with E-state index in [1.165, 1.54) is 4.88 Å². The van der Waals surface area contributed by atoms with Crippen LogP contribution in [0, 0.1) is 0 Å². The molecular formula is C14H17BrIN3OS. The molecule has 2 aromatic rings. The van der Waals surface area contributed by atoms with Crippen LogP contribution >= 0.6 is 51.2 Å². The van der Waals surface area contributed by atoms with Crippen molar-refractivity contribution in [3.05, 3.63) is 45.1 Å². The van der Waals surface area contributed by atoms with Crippen molar-refractivity contribution in [3.8, 4) is 5.75 Å². The Balaban J connectivity index is 0.00000220. The highest BCUT2D eigenvalue weighted by Crippen LogP contribution is 2.23. The van der Waals surface area contributed by atoms with Gasteiger partial charge in [0.2, 0.25) is 0 Å². The van der Waals surface area contributed by atoms with Crippen LogP contribution in [0.25, 0.3) is 0 Å². The summed E-state index contributed by atoms with van der Waals surface area (Å²) in [7, 11) is 1.63. The smallest absolute Gasteiger partial charge is 0.193 e. The minimum absolute atomic E-state index is 0. The molecule has 7 heteroatoms. The van der Waals surface area contributed by atoms with Gasteiger partial charge in [-0.25, -0.2) is 0 Å². The van der Waals surface area contributed by atoms with Gasteiger partial charge < -0.3 is 15.8 Å². The lowest BCUT2D eigenvalue weighted by Gasteiger charge is -2.09. The molecule has 0 aliphatic heterocycles. The molecule has 3 N–H and O–H groups in total. The maximum atomic E-state index is 5.88. The first-order chi connectivity index (χ1) is 9.69. The van der Waals surface area contributed by atoms with Gasteiger partial charge in [-0.05, 0) is 40.2 Å². The highest BCUT2D eigenvalue weighted by Gasteiger charge is 2.02. The summed E-state index contributed by atoms with van der Waals surface area (Å²) in [5.74, 6) is 1.14. The lowest BCUT2D eigenvalue weighted by atomic mass is 10.3. The number of methoxy groups -OCH3 is 1. The van der Waals surface area contributed by atoms with E-state index < -0.39 is 0 Å². The van der Waals surface area contributed by atoms with Gasteiger partial charge in [-0.2, -0.15) is 0 Å². The number of guanidine groups is 1. The number of nitrogens with zero attached hydrogens (tertiary/aromatic N) is 1. The van der Waals surface area contributed by atoms with E-state index in [4.69, 9.17) is 10.5 Å². The van der Waals surface area contributed by atoms with E-state index in [1.54, 1.807) is 18.4 Å². The number of benzene rings is 1. The molecule has 0 spiro atoms. The Morgan fingerprint density at radius 2 is 2.10 bits per heavy atom. The molecule has 114 valence electrons. The Bertz CT molecular complexity index is 603. The fourth-order valence-electron chi connectivity index (χ4n) is 1.70. The number of hydrogen-bond acceptors (Lipinski definition) is 3. The number of rotatable bonds is 5. The van der Waals surface area contributed by atoms with Crippen LogP contribution in [0.5, 0.6) is 5.75 Å². The number of thiophene rings is 1. The molecule has 0 aliphatic carbocycles. The van der Waals surface area contributed by atoms with Crippen molar-refractivity contribution in [1.29, 1.82) is 0 Å². The van der Waals surface area contributed by atoms with Crippen molar-refractivity contribution in [2.24, 2.45) is 10.7 Å². The number of ether oxygens (including phenoxy) is 1. The second-order valence-corrected chi connectivity index (χ2v) is 6.60. The molecule has 0 saturated heterocycles. The average Bonchev–Trinajstić information content (AvgIpc) is 2.85. The molecule has 1 aromatic carbocycles. The topological polar surface area (TPSA) is 59.6 Å². The van der Waals surface area contributed by atoms with Crippen LogP contribution in [0.3, 0.4) is 0 Å². The summed E-state index contributed by atoms with van der Waals surface area (Å²) in [6, 6.07) is 11.7. The largest absolute Gasteiger partial charge is 0.495 e. The van der Waals surface area contributed by atoms with Gasteiger partial charge in [0.15, 0.2) is 5.96 Å². The lowest BCUT2D eigenvalue weighted by Crippen LogP contribution is -2.23. The van der Waals surface area contributed by atoms with E-state index in [0.717, 1.165) is 21.6 Å². The minimum atomic E-state index is 0. The van der Waals surface area contributed by atoms with Gasteiger partial charge in [-0.15, -0.1) is 35.3 Å². The molecule has 1 heterocycles. The van der Waals surface area contributed by atoms with Crippen LogP contribution in [-0.2, 0) is 6.42 Å². The number of anilines is 1. The summed E-state index contributed by atoms with van der Waals surface area (Å²) >= 11 is 5.16. The van der Waals surface area contributed by atoms with Crippen LogP contribution < -0.4 is 15.8 Å². The highest BCUT2D eigenvalue weighted by molar-refractivity contribution is 14.0. The number of nitrogens with one attached hydrogen (secondary N) is 1. The molecular weight excluding hydrogens is 465 g/mol. The summed E-state index contributed by atoms with van der Waals surface area (Å²) in [6.45, 7) is 0.654. The first-order valence-corrected chi connectivity index (χ1v) is 7.74. The molecule has 21 heavy (non-hydrogen) atoms. The monoisotopic (exact) mass is 481 g/mol. The standard InChI is InChI=1S/C14H16BrN3OS.HI/c1-19-12-5-3-2-4-11(12)18-14(16)17-9-8-10-6-7-13(15)20-10;/h2-7H,8-9H2,1H3,(H3,16,17,18);1H. The third kappa shape index (κ3) is 5.84. The molecule has 0 unspecified atom stereocenters. The Hall–Kier alpha value is -0.800. The lowest BCUT2D eigenvalue weighted by molar-refractivity contribution is 0.417. The molecule has 0 atom stereocenters. The van der Waals surface area contributed by atoms with E-state index in [1.807, 2.05) is 30.3 Å². The van der Waals surface area contributed by atoms with Crippen LogP contribution in [0.15, 0.2) is 45.2 Å². The van der Waals surface area contributed by atoms with Gasteiger partial charge in [-0.3, -0.25) is 4.99 Å². The Morgan fingerprint density at radius 3 is 2.76 bits per heavy atom. The summed E-state index contributed by atoms with van der Waals surface area (Å²) in [6.07, 6.45) is 0.880. The minimum Gasteiger partial charge on any atom is -0.495 e. The van der Waals surface area contributed by atoms with E-state index in [9.17, 15) is 0 Å². The summed E-state index contributed by atoms with van der Waals surface area (Å²) in [5.41, 5.74) is 6.69. The average molecular weight is 482 g/mol. The van der Waals surface area contributed by atoms with E-state index in [-0.39, 0.29) is 24.0 Å². The predicted molar refractivity (Wildman–Crippen MR) is 104 cm³/mol. The van der Waals surface area contributed by atoms with Crippen molar-refractivity contribution in [1.82, 2.24) is 0 Å². The molecule has 2 rings (SSSR count). The summed E-state index contributed by atoms with van der Waals surface area (Å²) in [4.78, 5) is 5.60. The first kappa shape index (κ1) is 18.2. The zero-order chi connectivity index (χ0) is 14.4. The molecule has 0 bridgehead atoms. The highest BCUT2D eigenvalue weighted by atomic mass is 127. The van der Waals surface area contributed by atoms with Crippen molar-refractivity contribution in [2.75, 3.05) is 19.0 Å². The Kier molecular flexibility index (Phi) is 8.05. The quantitative estimate of drug-likeness (QED) is 0.384. The second kappa shape index (κ2) is 9.26. The molecule has 1 aromatic heterocycles. The molecule has 0 saturated carbocycles. The number of halogens is 2. The zero-order valence-corrected chi connectivity index (χ0v) is 16.2. The van der Waals surface area contributed by atoms with Crippen molar-refractivity contribution in [2.45, 2.75) is 6.42 Å². The number of aliphatic imine (C=N–C) groups is 1. The van der Waals surface area contributed by atoms with E-state index >= 15 is 0 Å². The molecule has 0 radical (unpaired) electrons. The third-order valence-electron chi connectivity index (χ3n) is 2.64. The number of nitrogens with two attached hydrogens (primary N) is 1. The van der Waals surface area contributed by atoms with Gasteiger partial charge >= 0.3 is 0 Å². The van der Waals surface area contributed by atoms with Gasteiger partial charge in [0.25, 0.3) is 0 Å². The van der Waals surface area contributed by atoms with E-state index in [0.29, 0.717) is 12.5 Å². The summed E-state index contributed by atoms with van der Waals surface area (Å²) < 4.78 is 6.38. The fraction of sp³-hybridized carbons (Fsp3) is 0.214. The van der Waals surface area contributed by atoms with Crippen LogP contribution in [0.2, 0.25) is 0 Å². The predicted octanol–water partition coefficient (Wildman–Crippen LogP) is 4.11. The number of para-hydroxylation sites is 2. The fourth-order valence-corrected chi connectivity index (χ4v) is 3.17. The normalized spacial score (nSPS) is 10.9. The first-order valence-electron chi connectivity index (χ1n) is 6.13. The van der Waals surface area contributed by atoms with Gasteiger partial charge in [0.1, 0.15) is 5.75 Å². The van der Waals surface area contributed by atoms with Crippen molar-refractivity contribution >= 4 is 62.9 Å². The second-order valence-electron chi connectivity index (χ2n) is 4.05. The molecule has 0 aliphatic rings. The van der Waals surface area contributed by atoms with Gasteiger partial charge in [0.05, 0.1) is 16.6 Å². The zero-order valence-electron chi connectivity index (χ0n) is 11.5. The summed E-state index contributed by atoms with van der Waals surface area (Å²) in [5, 5.41) is 3.05. The van der Waals surface area contributed by atoms with Gasteiger partial charge in [-0.1, -0.05) is 12.1 Å². The third-order valence-corrected chi connectivity index (χ3v) is 4.32. The van der Waals surface area contributed by atoms with Gasteiger partial charge in [0, 0.05) is 17.8 Å². The maximum Gasteiger partial charge on any atom is 0.193 e. The number of hydrogen-bond donors (Lipinski definition) is 2. The van der Waals surface area contributed by atoms with Crippen LogP contribution in [0.4, 0.5) is 5.69 Å². The van der Waals surface area contributed by atoms with Crippen LogP contribution in [0.1, 0.15) is 4.88 Å². The van der Waals surface area contributed by atoms with Crippen molar-refractivity contribution in [3.63, 3.8) is 0 Å². The molecule has 0 fully saturated rings.